The molecule has 0 atom stereocenters. The number of carbonyl (C=O) groups is 1. The van der Waals surface area contributed by atoms with E-state index < -0.39 is 0 Å². The summed E-state index contributed by atoms with van der Waals surface area (Å²) >= 11 is 1.50. The van der Waals surface area contributed by atoms with E-state index in [0.717, 1.165) is 0 Å². The van der Waals surface area contributed by atoms with E-state index in [1.807, 2.05) is 6.26 Å². The molecule has 0 spiro atoms. The molecule has 0 radical (unpaired) electrons. The van der Waals surface area contributed by atoms with Crippen LogP contribution in [0.1, 0.15) is 4.79 Å². The van der Waals surface area contributed by atoms with Gasteiger partial charge in [-0.15, -0.1) is 0 Å². The normalized spacial score (nSPS) is 9.70. The van der Waals surface area contributed by atoms with Crippen LogP contribution >= 0.6 is 11.8 Å². The van der Waals surface area contributed by atoms with Gasteiger partial charge in [0.2, 0.25) is 0 Å². The van der Waals surface area contributed by atoms with Gasteiger partial charge in [0.15, 0.2) is 0 Å². The van der Waals surface area contributed by atoms with Crippen molar-refractivity contribution < 1.29 is 4.79 Å². The smallest absolute Gasteiger partial charge is 0.256 e. The quantitative estimate of drug-likeness (QED) is 0.637. The van der Waals surface area contributed by atoms with Gasteiger partial charge in [-0.3, -0.25) is 4.79 Å². The molecule has 4 heteroatoms. The average molecular weight is 156 g/mol. The summed E-state index contributed by atoms with van der Waals surface area (Å²) in [7, 11) is 0. The molecule has 3 nitrogen and oxygen atoms in total. The Morgan fingerprint density at radius 2 is 2.60 bits per heavy atom. The second-order valence-electron chi connectivity index (χ2n) is 1.78. The average Bonchev–Trinajstić information content (AvgIpc) is 2.38. The third-order valence-electron chi connectivity index (χ3n) is 1.03. The molecule has 0 aliphatic carbocycles. The maximum absolute atomic E-state index is 11.0. The highest BCUT2D eigenvalue weighted by Crippen LogP contribution is 1.94. The lowest BCUT2D eigenvalue weighted by Gasteiger charge is -1.94. The van der Waals surface area contributed by atoms with E-state index in [2.05, 4.69) is 5.10 Å². The zero-order valence-electron chi connectivity index (χ0n) is 5.65. The monoisotopic (exact) mass is 156 g/mol. The Bertz CT molecular complexity index is 208. The lowest BCUT2D eigenvalue weighted by molar-refractivity contribution is 0.0927. The van der Waals surface area contributed by atoms with Crippen molar-refractivity contribution in [1.29, 1.82) is 0 Å². The third-order valence-corrected chi connectivity index (χ3v) is 1.56. The van der Waals surface area contributed by atoms with Crippen molar-refractivity contribution in [3.05, 3.63) is 18.5 Å². The summed E-state index contributed by atoms with van der Waals surface area (Å²) < 4.78 is 1.34. The molecule has 0 aliphatic heterocycles. The third kappa shape index (κ3) is 1.60. The van der Waals surface area contributed by atoms with Gasteiger partial charge in [0.05, 0.1) is 5.75 Å². The highest BCUT2D eigenvalue weighted by Gasteiger charge is 2.00. The molecule has 1 aromatic heterocycles. The predicted molar refractivity (Wildman–Crippen MR) is 41.2 cm³/mol. The van der Waals surface area contributed by atoms with Crippen molar-refractivity contribution in [3.8, 4) is 0 Å². The Morgan fingerprint density at radius 1 is 1.80 bits per heavy atom. The lowest BCUT2D eigenvalue weighted by Crippen LogP contribution is -2.12. The van der Waals surface area contributed by atoms with E-state index >= 15 is 0 Å². The van der Waals surface area contributed by atoms with E-state index in [1.54, 1.807) is 18.5 Å². The van der Waals surface area contributed by atoms with Gasteiger partial charge in [-0.2, -0.15) is 16.9 Å². The largest absolute Gasteiger partial charge is 0.272 e. The first-order chi connectivity index (χ1) is 4.84. The number of rotatable bonds is 2. The van der Waals surface area contributed by atoms with Gasteiger partial charge in [-0.1, -0.05) is 0 Å². The van der Waals surface area contributed by atoms with Crippen molar-refractivity contribution in [2.24, 2.45) is 0 Å². The Labute approximate surface area is 63.4 Å². The Balaban J connectivity index is 2.59. The summed E-state index contributed by atoms with van der Waals surface area (Å²) in [6.45, 7) is 0. The van der Waals surface area contributed by atoms with Crippen LogP contribution in [0.4, 0.5) is 0 Å². The molecule has 1 heterocycles. The fraction of sp³-hybridized carbons (Fsp3) is 0.333. The standard InChI is InChI=1S/C6H8N2OS/c1-10-5-6(9)8-4-2-3-7-8/h2-4H,5H2,1H3. The van der Waals surface area contributed by atoms with Crippen LogP contribution in [0.5, 0.6) is 0 Å². The number of hydrogen-bond donors (Lipinski definition) is 0. The van der Waals surface area contributed by atoms with E-state index in [4.69, 9.17) is 0 Å². The molecule has 0 N–H and O–H groups in total. The molecule has 0 fully saturated rings. The van der Waals surface area contributed by atoms with Crippen LogP contribution in [-0.2, 0) is 0 Å². The molecule has 0 saturated heterocycles. The van der Waals surface area contributed by atoms with Crippen LogP contribution in [0, 0.1) is 0 Å². The van der Waals surface area contributed by atoms with Crippen LogP contribution in [0.15, 0.2) is 18.5 Å². The zero-order chi connectivity index (χ0) is 7.40. The number of thioether (sulfide) groups is 1. The van der Waals surface area contributed by atoms with Gasteiger partial charge in [-0.25, -0.2) is 4.68 Å². The predicted octanol–water partition coefficient (Wildman–Crippen LogP) is 0.886. The molecular weight excluding hydrogens is 148 g/mol. The Hall–Kier alpha value is -0.770. The van der Waals surface area contributed by atoms with E-state index in [-0.39, 0.29) is 5.91 Å². The molecule has 0 amide bonds. The molecule has 10 heavy (non-hydrogen) atoms. The minimum atomic E-state index is 0.0255. The Kier molecular flexibility index (Phi) is 2.50. The van der Waals surface area contributed by atoms with Gasteiger partial charge < -0.3 is 0 Å². The first kappa shape index (κ1) is 7.34. The summed E-state index contributed by atoms with van der Waals surface area (Å²) in [6, 6.07) is 1.73. The minimum absolute atomic E-state index is 0.0255. The molecular formula is C6H8N2OS. The SMILES string of the molecule is CSCC(=O)n1cccn1. The van der Waals surface area contributed by atoms with E-state index in [0.29, 0.717) is 5.75 Å². The zero-order valence-corrected chi connectivity index (χ0v) is 6.47. The summed E-state index contributed by atoms with van der Waals surface area (Å²) in [5, 5.41) is 3.79. The van der Waals surface area contributed by atoms with Crippen LogP contribution in [0.3, 0.4) is 0 Å². The molecule has 0 unspecified atom stereocenters. The highest BCUT2D eigenvalue weighted by molar-refractivity contribution is 7.99. The minimum Gasteiger partial charge on any atom is -0.272 e. The van der Waals surface area contributed by atoms with Crippen molar-refractivity contribution >= 4 is 17.7 Å². The van der Waals surface area contributed by atoms with E-state index in [9.17, 15) is 4.79 Å². The summed E-state index contributed by atoms with van der Waals surface area (Å²) in [5.74, 6) is 0.513. The molecule has 0 aromatic carbocycles. The van der Waals surface area contributed by atoms with Crippen LogP contribution in [-0.4, -0.2) is 27.7 Å². The van der Waals surface area contributed by atoms with Gasteiger partial charge in [0.1, 0.15) is 0 Å². The highest BCUT2D eigenvalue weighted by atomic mass is 32.2. The maximum Gasteiger partial charge on any atom is 0.256 e. The fourth-order valence-electron chi connectivity index (χ4n) is 0.606. The molecule has 0 bridgehead atoms. The molecule has 1 rings (SSSR count). The van der Waals surface area contributed by atoms with Gasteiger partial charge in [0.25, 0.3) is 5.91 Å². The molecule has 1 aromatic rings. The lowest BCUT2D eigenvalue weighted by atomic mass is 10.7. The fourth-order valence-corrected chi connectivity index (χ4v) is 0.985. The van der Waals surface area contributed by atoms with Crippen molar-refractivity contribution in [2.45, 2.75) is 0 Å². The maximum atomic E-state index is 11.0. The molecule has 54 valence electrons. The number of nitrogens with zero attached hydrogens (tertiary/aromatic N) is 2. The van der Waals surface area contributed by atoms with Crippen LogP contribution in [0.2, 0.25) is 0 Å². The first-order valence-corrected chi connectivity index (χ1v) is 4.26. The topological polar surface area (TPSA) is 34.9 Å². The van der Waals surface area contributed by atoms with Crippen LogP contribution < -0.4 is 0 Å². The summed E-state index contributed by atoms with van der Waals surface area (Å²) in [4.78, 5) is 11.0. The second-order valence-corrected chi connectivity index (χ2v) is 2.64. The number of aromatic nitrogens is 2. The summed E-state index contributed by atoms with van der Waals surface area (Å²) in [5.41, 5.74) is 0. The van der Waals surface area contributed by atoms with E-state index in [1.165, 1.54) is 16.4 Å². The number of carbonyl (C=O) groups excluding carboxylic acids is 1. The number of hydrogen-bond acceptors (Lipinski definition) is 3. The molecule has 0 aliphatic rings. The van der Waals surface area contributed by atoms with Gasteiger partial charge in [-0.05, 0) is 12.3 Å². The second kappa shape index (κ2) is 3.41. The van der Waals surface area contributed by atoms with Crippen molar-refractivity contribution in [1.82, 2.24) is 9.78 Å². The van der Waals surface area contributed by atoms with Gasteiger partial charge >= 0.3 is 0 Å². The van der Waals surface area contributed by atoms with Crippen LogP contribution in [0.25, 0.3) is 0 Å². The molecule has 0 saturated carbocycles. The van der Waals surface area contributed by atoms with Crippen molar-refractivity contribution in [2.75, 3.05) is 12.0 Å². The first-order valence-electron chi connectivity index (χ1n) is 2.86. The summed E-state index contributed by atoms with van der Waals surface area (Å²) in [6.07, 6.45) is 5.14. The van der Waals surface area contributed by atoms with Gasteiger partial charge in [0, 0.05) is 12.4 Å². The Morgan fingerprint density at radius 3 is 3.10 bits per heavy atom. The van der Waals surface area contributed by atoms with Crippen molar-refractivity contribution in [3.63, 3.8) is 0 Å².